The van der Waals surface area contributed by atoms with Crippen LogP contribution in [-0.2, 0) is 4.79 Å². The van der Waals surface area contributed by atoms with Gasteiger partial charge in [0.2, 0.25) is 0 Å². The lowest BCUT2D eigenvalue weighted by Crippen LogP contribution is -2.60. The van der Waals surface area contributed by atoms with Crippen molar-refractivity contribution in [1.82, 2.24) is 0 Å². The Hall–Kier alpha value is -1.76. The smallest absolute Gasteiger partial charge is 0.444 e. The average Bonchev–Trinajstić information content (AvgIpc) is 2.18. The molecule has 0 fully saturated rings. The van der Waals surface area contributed by atoms with Crippen LogP contribution in [0.2, 0.25) is 0 Å². The molecule has 0 spiro atoms. The molecule has 0 unspecified atom stereocenters. The highest BCUT2D eigenvalue weighted by Crippen LogP contribution is 2.40. The molecule has 1 amide bonds. The molecular formula is C9H6F3NO3. The molecule has 16 heavy (non-hydrogen) atoms. The zero-order chi connectivity index (χ0) is 12.0. The third-order valence-electron chi connectivity index (χ3n) is 2.08. The summed E-state index contributed by atoms with van der Waals surface area (Å²) < 4.78 is 41.6. The van der Waals surface area contributed by atoms with Crippen LogP contribution in [0.15, 0.2) is 24.3 Å². The van der Waals surface area contributed by atoms with Gasteiger partial charge < -0.3 is 15.2 Å². The highest BCUT2D eigenvalue weighted by Gasteiger charge is 2.64. The third kappa shape index (κ3) is 1.40. The summed E-state index contributed by atoms with van der Waals surface area (Å²) in [4.78, 5) is 11.1. The van der Waals surface area contributed by atoms with E-state index in [4.69, 9.17) is 5.11 Å². The van der Waals surface area contributed by atoms with Crippen molar-refractivity contribution in [3.8, 4) is 5.75 Å². The molecule has 1 heterocycles. The summed E-state index contributed by atoms with van der Waals surface area (Å²) in [7, 11) is 0. The molecule has 1 aliphatic rings. The summed E-state index contributed by atoms with van der Waals surface area (Å²) in [6, 6.07) is 5.52. The summed E-state index contributed by atoms with van der Waals surface area (Å²) >= 11 is 0. The number of ether oxygens (including phenoxy) is 1. The number of nitrogens with one attached hydrogen (secondary N) is 1. The summed E-state index contributed by atoms with van der Waals surface area (Å²) in [5.41, 5.74) is 0.0847. The number of carbonyl (C=O) groups excluding carboxylic acids is 1. The van der Waals surface area contributed by atoms with Gasteiger partial charge in [-0.1, -0.05) is 12.1 Å². The van der Waals surface area contributed by atoms with E-state index in [0.29, 0.717) is 0 Å². The second-order valence-corrected chi connectivity index (χ2v) is 3.19. The topological polar surface area (TPSA) is 58.6 Å². The third-order valence-corrected chi connectivity index (χ3v) is 2.08. The van der Waals surface area contributed by atoms with E-state index in [9.17, 15) is 18.0 Å². The van der Waals surface area contributed by atoms with Crippen LogP contribution in [0.4, 0.5) is 18.9 Å². The summed E-state index contributed by atoms with van der Waals surface area (Å²) in [6.07, 6.45) is -5.20. The average molecular weight is 233 g/mol. The molecule has 0 saturated carbocycles. The molecule has 0 aliphatic carbocycles. The number of halogens is 3. The predicted octanol–water partition coefficient (Wildman–Crippen LogP) is 1.27. The summed E-state index contributed by atoms with van der Waals surface area (Å²) in [5.74, 6) is -5.72. The van der Waals surface area contributed by atoms with E-state index in [1.807, 2.05) is 5.32 Å². The van der Waals surface area contributed by atoms with Gasteiger partial charge in [-0.05, 0) is 12.1 Å². The van der Waals surface area contributed by atoms with Crippen molar-refractivity contribution in [2.24, 2.45) is 0 Å². The number of rotatable bonds is 0. The molecule has 0 radical (unpaired) electrons. The first-order valence-electron chi connectivity index (χ1n) is 4.23. The Labute approximate surface area is 87.6 Å². The van der Waals surface area contributed by atoms with Crippen LogP contribution in [0.5, 0.6) is 5.75 Å². The highest BCUT2D eigenvalue weighted by molar-refractivity contribution is 6.00. The van der Waals surface area contributed by atoms with Crippen molar-refractivity contribution in [2.45, 2.75) is 12.0 Å². The van der Waals surface area contributed by atoms with Gasteiger partial charge in [-0.2, -0.15) is 13.2 Å². The fraction of sp³-hybridized carbons (Fsp3) is 0.222. The van der Waals surface area contributed by atoms with Crippen LogP contribution in [-0.4, -0.2) is 23.0 Å². The molecule has 1 aromatic carbocycles. The minimum Gasteiger partial charge on any atom is -0.444 e. The van der Waals surface area contributed by atoms with E-state index in [-0.39, 0.29) is 11.4 Å². The van der Waals surface area contributed by atoms with Gasteiger partial charge >= 0.3 is 17.9 Å². The van der Waals surface area contributed by atoms with E-state index in [1.165, 1.54) is 24.3 Å². The lowest BCUT2D eigenvalue weighted by molar-refractivity contribution is -0.316. The molecule has 0 saturated heterocycles. The van der Waals surface area contributed by atoms with Crippen molar-refractivity contribution in [3.63, 3.8) is 0 Å². The number of alkyl halides is 3. The number of carbonyl (C=O) groups is 1. The Morgan fingerprint density at radius 3 is 2.56 bits per heavy atom. The molecule has 0 aromatic heterocycles. The maximum absolute atomic E-state index is 12.4. The maximum Gasteiger partial charge on any atom is 0.465 e. The number of hydrogen-bond donors (Lipinski definition) is 2. The van der Waals surface area contributed by atoms with Gasteiger partial charge in [-0.25, -0.2) is 0 Å². The lowest BCUT2D eigenvalue weighted by Gasteiger charge is -2.33. The van der Waals surface area contributed by atoms with Crippen LogP contribution in [0.1, 0.15) is 0 Å². The molecule has 7 heteroatoms. The minimum absolute atomic E-state index is 0.0847. The van der Waals surface area contributed by atoms with E-state index in [2.05, 4.69) is 4.74 Å². The van der Waals surface area contributed by atoms with Gasteiger partial charge in [-0.3, -0.25) is 4.79 Å². The zero-order valence-electron chi connectivity index (χ0n) is 7.71. The fourth-order valence-corrected chi connectivity index (χ4v) is 1.26. The first kappa shape index (κ1) is 10.7. The van der Waals surface area contributed by atoms with Crippen LogP contribution >= 0.6 is 0 Å². The maximum atomic E-state index is 12.4. The molecule has 2 rings (SSSR count). The number of hydrogen-bond acceptors (Lipinski definition) is 3. The number of benzene rings is 1. The first-order chi connectivity index (χ1) is 7.34. The Kier molecular flexibility index (Phi) is 2.09. The van der Waals surface area contributed by atoms with Crippen molar-refractivity contribution in [2.75, 3.05) is 5.32 Å². The van der Waals surface area contributed by atoms with Crippen LogP contribution < -0.4 is 10.1 Å². The van der Waals surface area contributed by atoms with Crippen LogP contribution in [0, 0.1) is 0 Å². The standard InChI is InChI=1S/C9H6F3NO3/c10-9(11,12)8(15)7(14)13-5-3-1-2-4-6(5)16-8/h1-4,15H,(H,13,14)/t8-/m0/s1. The van der Waals surface area contributed by atoms with Gasteiger partial charge in [-0.15, -0.1) is 0 Å². The van der Waals surface area contributed by atoms with Crippen molar-refractivity contribution >= 4 is 11.6 Å². The molecule has 1 aromatic rings. The monoisotopic (exact) mass is 233 g/mol. The van der Waals surface area contributed by atoms with E-state index < -0.39 is 17.9 Å². The molecule has 4 nitrogen and oxygen atoms in total. The zero-order valence-corrected chi connectivity index (χ0v) is 7.71. The van der Waals surface area contributed by atoms with Crippen molar-refractivity contribution in [3.05, 3.63) is 24.3 Å². The SMILES string of the molecule is O=C1Nc2ccccc2O[C@]1(O)C(F)(F)F. The molecular weight excluding hydrogens is 227 g/mol. The molecule has 2 N–H and O–H groups in total. The lowest BCUT2D eigenvalue weighted by atomic mass is 10.1. The Balaban J connectivity index is 2.46. The molecule has 0 bridgehead atoms. The second-order valence-electron chi connectivity index (χ2n) is 3.19. The van der Waals surface area contributed by atoms with Gasteiger partial charge in [0, 0.05) is 0 Å². The number of anilines is 1. The number of fused-ring (bicyclic) bond motifs is 1. The van der Waals surface area contributed by atoms with E-state index in [0.717, 1.165) is 0 Å². The van der Waals surface area contributed by atoms with Crippen LogP contribution in [0.25, 0.3) is 0 Å². The normalized spacial score (nSPS) is 24.4. The predicted molar refractivity (Wildman–Crippen MR) is 46.7 cm³/mol. The molecule has 1 atom stereocenters. The quantitative estimate of drug-likeness (QED) is 0.709. The highest BCUT2D eigenvalue weighted by atomic mass is 19.4. The molecule has 1 aliphatic heterocycles. The van der Waals surface area contributed by atoms with E-state index in [1.54, 1.807) is 0 Å². The van der Waals surface area contributed by atoms with Gasteiger partial charge in [0.15, 0.2) is 0 Å². The number of amides is 1. The molecule has 86 valence electrons. The summed E-state index contributed by atoms with van der Waals surface area (Å²) in [5, 5.41) is 11.1. The number of aliphatic hydroxyl groups is 1. The van der Waals surface area contributed by atoms with E-state index >= 15 is 0 Å². The number of para-hydroxylation sites is 2. The van der Waals surface area contributed by atoms with Gasteiger partial charge in [0.25, 0.3) is 0 Å². The van der Waals surface area contributed by atoms with Gasteiger partial charge in [0.1, 0.15) is 5.75 Å². The Morgan fingerprint density at radius 1 is 1.31 bits per heavy atom. The second kappa shape index (κ2) is 3.11. The summed E-state index contributed by atoms with van der Waals surface area (Å²) in [6.45, 7) is 0. The minimum atomic E-state index is -5.20. The van der Waals surface area contributed by atoms with Gasteiger partial charge in [0.05, 0.1) is 5.69 Å². The van der Waals surface area contributed by atoms with Crippen molar-refractivity contribution in [1.29, 1.82) is 0 Å². The largest absolute Gasteiger partial charge is 0.465 e. The Bertz CT molecular complexity index is 446. The van der Waals surface area contributed by atoms with Crippen molar-refractivity contribution < 1.29 is 27.8 Å². The first-order valence-corrected chi connectivity index (χ1v) is 4.23. The Morgan fingerprint density at radius 2 is 1.94 bits per heavy atom. The van der Waals surface area contributed by atoms with Crippen LogP contribution in [0.3, 0.4) is 0 Å². The fourth-order valence-electron chi connectivity index (χ4n) is 1.26.